The Kier molecular flexibility index (Phi) is 4.39. The van der Waals surface area contributed by atoms with Crippen molar-refractivity contribution in [3.05, 3.63) is 65.0 Å². The second kappa shape index (κ2) is 6.62. The molecule has 0 unspecified atom stereocenters. The lowest BCUT2D eigenvalue weighted by Gasteiger charge is -2.05. The molecule has 3 aromatic rings. The quantitative estimate of drug-likeness (QED) is 0.728. The molecule has 112 valence electrons. The maximum Gasteiger partial charge on any atom is 0.293 e. The molecule has 0 saturated carbocycles. The molecule has 5 heteroatoms. The molecule has 22 heavy (non-hydrogen) atoms. The standard InChI is InChI=1S/C17H15ClN2O2/c18-17-20-14-11-13(8-9-15(14)22-17)16(21)19-10-4-7-12-5-2-1-3-6-12/h1-3,5-6,8-9,11H,4,7,10H2,(H,19,21). The molecule has 0 spiro atoms. The number of rotatable bonds is 5. The largest absolute Gasteiger partial charge is 0.428 e. The Morgan fingerprint density at radius 3 is 2.82 bits per heavy atom. The fourth-order valence-electron chi connectivity index (χ4n) is 2.28. The number of carbonyl (C=O) groups is 1. The van der Waals surface area contributed by atoms with Crippen molar-refractivity contribution >= 4 is 28.6 Å². The Morgan fingerprint density at radius 1 is 1.18 bits per heavy atom. The Hall–Kier alpha value is -2.33. The van der Waals surface area contributed by atoms with E-state index in [2.05, 4.69) is 22.4 Å². The van der Waals surface area contributed by atoms with E-state index >= 15 is 0 Å². The number of aromatic nitrogens is 1. The first-order chi connectivity index (χ1) is 10.7. The van der Waals surface area contributed by atoms with Crippen molar-refractivity contribution in [3.63, 3.8) is 0 Å². The predicted molar refractivity (Wildman–Crippen MR) is 86.1 cm³/mol. The topological polar surface area (TPSA) is 55.1 Å². The first-order valence-electron chi connectivity index (χ1n) is 7.10. The lowest BCUT2D eigenvalue weighted by molar-refractivity contribution is 0.0953. The average molecular weight is 315 g/mol. The summed E-state index contributed by atoms with van der Waals surface area (Å²) in [6.07, 6.45) is 1.84. The molecular formula is C17H15ClN2O2. The molecule has 0 aliphatic heterocycles. The van der Waals surface area contributed by atoms with Crippen LogP contribution in [0.3, 0.4) is 0 Å². The van der Waals surface area contributed by atoms with Crippen LogP contribution >= 0.6 is 11.6 Å². The summed E-state index contributed by atoms with van der Waals surface area (Å²) in [5.41, 5.74) is 2.99. The second-order valence-corrected chi connectivity index (χ2v) is 5.32. The third kappa shape index (κ3) is 3.46. The molecule has 2 aromatic carbocycles. The normalized spacial score (nSPS) is 10.8. The number of benzene rings is 2. The number of nitrogens with one attached hydrogen (secondary N) is 1. The molecular weight excluding hydrogens is 300 g/mol. The first kappa shape index (κ1) is 14.6. The number of carbonyl (C=O) groups excluding carboxylic acids is 1. The third-order valence-corrected chi connectivity index (χ3v) is 3.56. The molecule has 1 heterocycles. The summed E-state index contributed by atoms with van der Waals surface area (Å²) in [4.78, 5) is 16.1. The van der Waals surface area contributed by atoms with Gasteiger partial charge in [0.1, 0.15) is 5.52 Å². The van der Waals surface area contributed by atoms with Crippen molar-refractivity contribution in [1.82, 2.24) is 10.3 Å². The molecule has 0 atom stereocenters. The van der Waals surface area contributed by atoms with Gasteiger partial charge in [0.25, 0.3) is 11.3 Å². The predicted octanol–water partition coefficient (Wildman–Crippen LogP) is 3.84. The van der Waals surface area contributed by atoms with Crippen molar-refractivity contribution in [2.45, 2.75) is 12.8 Å². The molecule has 0 bridgehead atoms. The summed E-state index contributed by atoms with van der Waals surface area (Å²) < 4.78 is 5.17. The highest BCUT2D eigenvalue weighted by atomic mass is 35.5. The van der Waals surface area contributed by atoms with Crippen molar-refractivity contribution < 1.29 is 9.21 Å². The van der Waals surface area contributed by atoms with E-state index < -0.39 is 0 Å². The highest BCUT2D eigenvalue weighted by Crippen LogP contribution is 2.19. The Bertz CT molecular complexity index is 784. The van der Waals surface area contributed by atoms with Crippen molar-refractivity contribution in [3.8, 4) is 0 Å². The molecule has 3 rings (SSSR count). The molecule has 0 aliphatic rings. The summed E-state index contributed by atoms with van der Waals surface area (Å²) in [7, 11) is 0. The maximum atomic E-state index is 12.1. The number of hydrogen-bond donors (Lipinski definition) is 1. The van der Waals surface area contributed by atoms with Crippen molar-refractivity contribution in [2.75, 3.05) is 6.54 Å². The molecule has 0 radical (unpaired) electrons. The summed E-state index contributed by atoms with van der Waals surface area (Å²) >= 11 is 5.70. The van der Waals surface area contributed by atoms with Gasteiger partial charge in [0.2, 0.25) is 0 Å². The summed E-state index contributed by atoms with van der Waals surface area (Å²) in [5.74, 6) is -0.117. The molecule has 0 fully saturated rings. The number of amides is 1. The number of halogens is 1. The molecule has 1 aromatic heterocycles. The Morgan fingerprint density at radius 2 is 2.00 bits per heavy atom. The zero-order chi connectivity index (χ0) is 15.4. The van der Waals surface area contributed by atoms with Crippen LogP contribution in [-0.4, -0.2) is 17.4 Å². The minimum Gasteiger partial charge on any atom is -0.428 e. The number of fused-ring (bicyclic) bond motifs is 1. The fourth-order valence-corrected chi connectivity index (χ4v) is 2.46. The van der Waals surface area contributed by atoms with Gasteiger partial charge in [-0.3, -0.25) is 4.79 Å². The zero-order valence-corrected chi connectivity index (χ0v) is 12.6. The van der Waals surface area contributed by atoms with Gasteiger partial charge >= 0.3 is 0 Å². The minimum absolute atomic E-state index is 0.0791. The van der Waals surface area contributed by atoms with Gasteiger partial charge in [0.05, 0.1) is 0 Å². The average Bonchev–Trinajstić information content (AvgIpc) is 2.91. The lowest BCUT2D eigenvalue weighted by Crippen LogP contribution is -2.24. The van der Waals surface area contributed by atoms with Crippen LogP contribution in [0.15, 0.2) is 52.9 Å². The van der Waals surface area contributed by atoms with Crippen LogP contribution < -0.4 is 5.32 Å². The van der Waals surface area contributed by atoms with Crippen LogP contribution in [0.1, 0.15) is 22.3 Å². The summed E-state index contributed by atoms with van der Waals surface area (Å²) in [5, 5.41) is 2.99. The summed E-state index contributed by atoms with van der Waals surface area (Å²) in [6.45, 7) is 0.630. The maximum absolute atomic E-state index is 12.1. The van der Waals surface area contributed by atoms with Crippen LogP contribution in [0.5, 0.6) is 0 Å². The number of oxazole rings is 1. The Balaban J connectivity index is 1.54. The van der Waals surface area contributed by atoms with Gasteiger partial charge in [-0.15, -0.1) is 0 Å². The fraction of sp³-hybridized carbons (Fsp3) is 0.176. The molecule has 4 nitrogen and oxygen atoms in total. The minimum atomic E-state index is -0.117. The number of hydrogen-bond acceptors (Lipinski definition) is 3. The van der Waals surface area contributed by atoms with E-state index in [1.54, 1.807) is 18.2 Å². The first-order valence-corrected chi connectivity index (χ1v) is 7.48. The molecule has 0 saturated heterocycles. The zero-order valence-electron chi connectivity index (χ0n) is 11.9. The van der Waals surface area contributed by atoms with Gasteiger partial charge in [-0.05, 0) is 48.2 Å². The smallest absolute Gasteiger partial charge is 0.293 e. The number of aryl methyl sites for hydroxylation is 1. The Labute approximate surface area is 133 Å². The molecule has 1 amide bonds. The van der Waals surface area contributed by atoms with E-state index in [4.69, 9.17) is 16.0 Å². The second-order valence-electron chi connectivity index (χ2n) is 4.99. The van der Waals surface area contributed by atoms with Gasteiger partial charge < -0.3 is 9.73 Å². The van der Waals surface area contributed by atoms with Crippen molar-refractivity contribution in [1.29, 1.82) is 0 Å². The van der Waals surface area contributed by atoms with Gasteiger partial charge in [0, 0.05) is 12.1 Å². The van der Waals surface area contributed by atoms with Crippen molar-refractivity contribution in [2.24, 2.45) is 0 Å². The van der Waals surface area contributed by atoms with Crippen LogP contribution in [-0.2, 0) is 6.42 Å². The van der Waals surface area contributed by atoms with Crippen LogP contribution in [0, 0.1) is 0 Å². The van der Waals surface area contributed by atoms with E-state index in [9.17, 15) is 4.79 Å². The monoisotopic (exact) mass is 314 g/mol. The van der Waals surface area contributed by atoms with Gasteiger partial charge in [0.15, 0.2) is 5.58 Å². The van der Waals surface area contributed by atoms with Gasteiger partial charge in [-0.1, -0.05) is 30.3 Å². The van der Waals surface area contributed by atoms with Crippen LogP contribution in [0.2, 0.25) is 5.35 Å². The van der Waals surface area contributed by atoms with E-state index in [-0.39, 0.29) is 11.3 Å². The van der Waals surface area contributed by atoms with E-state index in [1.807, 2.05) is 18.2 Å². The molecule has 1 N–H and O–H groups in total. The number of nitrogens with zero attached hydrogens (tertiary/aromatic N) is 1. The summed E-state index contributed by atoms with van der Waals surface area (Å²) in [6, 6.07) is 15.3. The van der Waals surface area contributed by atoms with E-state index in [1.165, 1.54) is 5.56 Å². The SMILES string of the molecule is O=C(NCCCc1ccccc1)c1ccc2oc(Cl)nc2c1. The van der Waals surface area contributed by atoms with E-state index in [0.717, 1.165) is 12.8 Å². The van der Waals surface area contributed by atoms with Gasteiger partial charge in [-0.25, -0.2) is 0 Å². The van der Waals surface area contributed by atoms with Crippen LogP contribution in [0.4, 0.5) is 0 Å². The van der Waals surface area contributed by atoms with Crippen LogP contribution in [0.25, 0.3) is 11.1 Å². The van der Waals surface area contributed by atoms with E-state index in [0.29, 0.717) is 23.2 Å². The highest BCUT2D eigenvalue weighted by molar-refractivity contribution is 6.28. The van der Waals surface area contributed by atoms with Gasteiger partial charge in [-0.2, -0.15) is 4.98 Å². The highest BCUT2D eigenvalue weighted by Gasteiger charge is 2.09. The third-order valence-electron chi connectivity index (χ3n) is 3.39. The lowest BCUT2D eigenvalue weighted by atomic mass is 10.1. The molecule has 0 aliphatic carbocycles.